The third-order valence-corrected chi connectivity index (χ3v) is 3.24. The summed E-state index contributed by atoms with van der Waals surface area (Å²) in [5.74, 6) is -0.512. The number of carbonyl (C=O) groups excluding carboxylic acids is 1. The van der Waals surface area contributed by atoms with E-state index in [9.17, 15) is 9.18 Å². The number of carbonyl (C=O) groups is 1. The Labute approximate surface area is 119 Å². The summed E-state index contributed by atoms with van der Waals surface area (Å²) in [6.07, 6.45) is 0. The van der Waals surface area contributed by atoms with E-state index >= 15 is 0 Å². The number of hydrogen-bond acceptors (Lipinski definition) is 2. The van der Waals surface area contributed by atoms with Gasteiger partial charge in [0, 0.05) is 10.5 Å². The molecule has 0 N–H and O–H groups in total. The lowest BCUT2D eigenvalue weighted by molar-refractivity contribution is 0.101. The highest BCUT2D eigenvalue weighted by Gasteiger charge is 2.14. The highest BCUT2D eigenvalue weighted by molar-refractivity contribution is 9.10. The smallest absolute Gasteiger partial charge is 0.163 e. The number of halogens is 2. The highest BCUT2D eigenvalue weighted by atomic mass is 79.9. The van der Waals surface area contributed by atoms with Gasteiger partial charge < -0.3 is 4.74 Å². The van der Waals surface area contributed by atoms with Crippen LogP contribution in [0, 0.1) is 5.82 Å². The average molecular weight is 323 g/mol. The molecule has 0 aliphatic carbocycles. The van der Waals surface area contributed by atoms with Gasteiger partial charge in [0.05, 0.1) is 5.56 Å². The lowest BCUT2D eigenvalue weighted by atomic mass is 10.1. The lowest BCUT2D eigenvalue weighted by Crippen LogP contribution is -2.01. The number of ether oxygens (including phenoxy) is 1. The highest BCUT2D eigenvalue weighted by Crippen LogP contribution is 2.27. The molecule has 2 rings (SSSR count). The summed E-state index contributed by atoms with van der Waals surface area (Å²) in [4.78, 5) is 11.3. The molecule has 2 aromatic rings. The van der Waals surface area contributed by atoms with Crippen molar-refractivity contribution < 1.29 is 13.9 Å². The summed E-state index contributed by atoms with van der Waals surface area (Å²) in [5.41, 5.74) is 1.04. The van der Waals surface area contributed by atoms with Gasteiger partial charge in [0.2, 0.25) is 0 Å². The molecule has 19 heavy (non-hydrogen) atoms. The minimum Gasteiger partial charge on any atom is -0.489 e. The summed E-state index contributed by atoms with van der Waals surface area (Å²) in [6, 6.07) is 12.4. The van der Waals surface area contributed by atoms with Gasteiger partial charge in [-0.2, -0.15) is 0 Å². The first-order chi connectivity index (χ1) is 9.08. The molecule has 0 atom stereocenters. The largest absolute Gasteiger partial charge is 0.489 e. The van der Waals surface area contributed by atoms with Crippen molar-refractivity contribution in [3.05, 3.63) is 63.9 Å². The Kier molecular flexibility index (Phi) is 4.32. The quantitative estimate of drug-likeness (QED) is 0.781. The van der Waals surface area contributed by atoms with Crippen molar-refractivity contribution in [3.8, 4) is 5.75 Å². The van der Waals surface area contributed by atoms with Crippen LogP contribution in [0.15, 0.2) is 46.9 Å². The molecule has 0 fully saturated rings. The molecular weight excluding hydrogens is 311 g/mol. The first-order valence-corrected chi connectivity index (χ1v) is 6.54. The van der Waals surface area contributed by atoms with Crippen LogP contribution < -0.4 is 4.74 Å². The second-order valence-electron chi connectivity index (χ2n) is 4.09. The Morgan fingerprint density at radius 3 is 2.53 bits per heavy atom. The Bertz CT molecular complexity index is 573. The fourth-order valence-electron chi connectivity index (χ4n) is 1.71. The SMILES string of the molecule is CC(=O)c1c(F)cc(OCc2ccccc2)cc1Br. The van der Waals surface area contributed by atoms with Gasteiger partial charge in [0.25, 0.3) is 0 Å². The van der Waals surface area contributed by atoms with Crippen molar-refractivity contribution >= 4 is 21.7 Å². The van der Waals surface area contributed by atoms with Gasteiger partial charge in [-0.25, -0.2) is 4.39 Å². The van der Waals surface area contributed by atoms with Crippen molar-refractivity contribution in [2.45, 2.75) is 13.5 Å². The number of Topliss-reactive ketones (excluding diaryl/α,β-unsaturated/α-hetero) is 1. The predicted octanol–water partition coefficient (Wildman–Crippen LogP) is 4.37. The molecule has 0 bridgehead atoms. The average Bonchev–Trinajstić information content (AvgIpc) is 2.36. The maximum atomic E-state index is 13.8. The van der Waals surface area contributed by atoms with Gasteiger partial charge in [-0.15, -0.1) is 0 Å². The molecule has 0 saturated heterocycles. The van der Waals surface area contributed by atoms with Crippen LogP contribution in [0.4, 0.5) is 4.39 Å². The van der Waals surface area contributed by atoms with E-state index in [0.29, 0.717) is 16.8 Å². The molecule has 0 spiro atoms. The van der Waals surface area contributed by atoms with Crippen molar-refractivity contribution in [3.63, 3.8) is 0 Å². The van der Waals surface area contributed by atoms with E-state index in [1.165, 1.54) is 13.0 Å². The monoisotopic (exact) mass is 322 g/mol. The predicted molar refractivity (Wildman–Crippen MR) is 74.9 cm³/mol. The molecule has 2 nitrogen and oxygen atoms in total. The van der Waals surface area contributed by atoms with Crippen LogP contribution in [0.25, 0.3) is 0 Å². The van der Waals surface area contributed by atoms with E-state index < -0.39 is 5.82 Å². The van der Waals surface area contributed by atoms with Gasteiger partial charge in [-0.05, 0) is 34.5 Å². The van der Waals surface area contributed by atoms with E-state index in [4.69, 9.17) is 4.74 Å². The van der Waals surface area contributed by atoms with E-state index in [1.807, 2.05) is 30.3 Å². The second-order valence-corrected chi connectivity index (χ2v) is 4.95. The first kappa shape index (κ1) is 13.7. The summed E-state index contributed by atoms with van der Waals surface area (Å²) >= 11 is 3.18. The molecule has 4 heteroatoms. The van der Waals surface area contributed by atoms with Gasteiger partial charge in [0.15, 0.2) is 5.78 Å². The van der Waals surface area contributed by atoms with E-state index in [-0.39, 0.29) is 11.3 Å². The number of rotatable bonds is 4. The minimum atomic E-state index is -0.579. The molecule has 0 unspecified atom stereocenters. The number of ketones is 1. The van der Waals surface area contributed by atoms with Crippen molar-refractivity contribution in [1.82, 2.24) is 0 Å². The van der Waals surface area contributed by atoms with Crippen molar-refractivity contribution in [1.29, 1.82) is 0 Å². The molecule has 0 aromatic heterocycles. The third kappa shape index (κ3) is 3.41. The molecule has 0 radical (unpaired) electrons. The standard InChI is InChI=1S/C15H12BrFO2/c1-10(18)15-13(16)7-12(8-14(15)17)19-9-11-5-3-2-4-6-11/h2-8H,9H2,1H3. The van der Waals surface area contributed by atoms with Gasteiger partial charge in [0.1, 0.15) is 18.2 Å². The van der Waals surface area contributed by atoms with E-state index in [2.05, 4.69) is 15.9 Å². The molecule has 0 heterocycles. The lowest BCUT2D eigenvalue weighted by Gasteiger charge is -2.09. The Hall–Kier alpha value is -1.68. The topological polar surface area (TPSA) is 26.3 Å². The van der Waals surface area contributed by atoms with E-state index in [0.717, 1.165) is 5.56 Å². The summed E-state index contributed by atoms with van der Waals surface area (Å²) in [5, 5.41) is 0. The van der Waals surface area contributed by atoms with Crippen LogP contribution in [0.3, 0.4) is 0 Å². The second kappa shape index (κ2) is 5.97. The van der Waals surface area contributed by atoms with Crippen molar-refractivity contribution in [2.24, 2.45) is 0 Å². The van der Waals surface area contributed by atoms with Crippen LogP contribution in [-0.2, 0) is 6.61 Å². The summed E-state index contributed by atoms with van der Waals surface area (Å²) in [7, 11) is 0. The maximum absolute atomic E-state index is 13.8. The number of benzene rings is 2. The molecule has 2 aromatic carbocycles. The zero-order valence-electron chi connectivity index (χ0n) is 10.3. The molecule has 0 aliphatic rings. The van der Waals surface area contributed by atoms with Crippen molar-refractivity contribution in [2.75, 3.05) is 0 Å². The first-order valence-electron chi connectivity index (χ1n) is 5.74. The third-order valence-electron chi connectivity index (χ3n) is 2.62. The fraction of sp³-hybridized carbons (Fsp3) is 0.133. The molecule has 98 valence electrons. The Morgan fingerprint density at radius 1 is 1.26 bits per heavy atom. The Morgan fingerprint density at radius 2 is 1.95 bits per heavy atom. The normalized spacial score (nSPS) is 10.3. The van der Waals surface area contributed by atoms with E-state index in [1.54, 1.807) is 6.07 Å². The number of hydrogen-bond donors (Lipinski definition) is 0. The Balaban J connectivity index is 2.16. The maximum Gasteiger partial charge on any atom is 0.163 e. The zero-order chi connectivity index (χ0) is 13.8. The van der Waals surface area contributed by atoms with Gasteiger partial charge in [-0.3, -0.25) is 4.79 Å². The zero-order valence-corrected chi connectivity index (χ0v) is 11.9. The molecular formula is C15H12BrFO2. The van der Waals surface area contributed by atoms with Crippen LogP contribution in [-0.4, -0.2) is 5.78 Å². The minimum absolute atomic E-state index is 0.0482. The summed E-state index contributed by atoms with van der Waals surface area (Å²) < 4.78 is 19.7. The van der Waals surface area contributed by atoms with Crippen LogP contribution in [0.5, 0.6) is 5.75 Å². The van der Waals surface area contributed by atoms with Crippen LogP contribution in [0.2, 0.25) is 0 Å². The molecule has 0 saturated carbocycles. The van der Waals surface area contributed by atoms with Gasteiger partial charge >= 0.3 is 0 Å². The molecule has 0 aliphatic heterocycles. The van der Waals surface area contributed by atoms with Crippen LogP contribution in [0.1, 0.15) is 22.8 Å². The summed E-state index contributed by atoms with van der Waals surface area (Å²) in [6.45, 7) is 1.68. The molecule has 0 amide bonds. The van der Waals surface area contributed by atoms with Crippen LogP contribution >= 0.6 is 15.9 Å². The fourth-order valence-corrected chi connectivity index (χ4v) is 2.40. The van der Waals surface area contributed by atoms with Gasteiger partial charge in [-0.1, -0.05) is 30.3 Å².